The minimum atomic E-state index is -0.509. The van der Waals surface area contributed by atoms with Crippen molar-refractivity contribution < 1.29 is 28.7 Å². The average Bonchev–Trinajstić information content (AvgIpc) is 2.89. The predicted octanol–water partition coefficient (Wildman–Crippen LogP) is -1.60. The molecular weight excluding hydrogens is 364 g/mol. The van der Waals surface area contributed by atoms with Crippen LogP contribution in [0.2, 0.25) is 0 Å². The molecule has 1 fully saturated rings. The number of hydrazine groups is 1. The van der Waals surface area contributed by atoms with E-state index in [1.54, 1.807) is 7.11 Å². The Morgan fingerprint density at radius 1 is 1.23 bits per heavy atom. The summed E-state index contributed by atoms with van der Waals surface area (Å²) in [6, 6.07) is 0. The molecule has 26 heavy (non-hydrogen) atoms. The van der Waals surface area contributed by atoms with E-state index in [0.29, 0.717) is 32.1 Å². The summed E-state index contributed by atoms with van der Waals surface area (Å²) in [6.45, 7) is 1.71. The highest BCUT2D eigenvalue weighted by molar-refractivity contribution is 8.00. The van der Waals surface area contributed by atoms with Gasteiger partial charge in [0.2, 0.25) is 23.6 Å². The Morgan fingerprint density at radius 2 is 2.00 bits per heavy atom. The Kier molecular flexibility index (Phi) is 10.9. The van der Waals surface area contributed by atoms with Crippen LogP contribution in [-0.2, 0) is 28.7 Å². The van der Waals surface area contributed by atoms with Crippen molar-refractivity contribution in [3.05, 3.63) is 0 Å². The Bertz CT molecular complexity index is 505. The molecule has 1 saturated heterocycles. The highest BCUT2D eigenvalue weighted by Crippen LogP contribution is 2.25. The molecule has 0 spiro atoms. The topological polar surface area (TPSA) is 140 Å². The first-order valence-electron chi connectivity index (χ1n) is 8.28. The Morgan fingerprint density at radius 3 is 2.69 bits per heavy atom. The van der Waals surface area contributed by atoms with Crippen LogP contribution in [0.3, 0.4) is 0 Å². The summed E-state index contributed by atoms with van der Waals surface area (Å²) in [4.78, 5) is 48.1. The summed E-state index contributed by atoms with van der Waals surface area (Å²) in [5.41, 5.74) is 2.01. The lowest BCUT2D eigenvalue weighted by Gasteiger charge is -2.14. The molecule has 11 heteroatoms. The van der Waals surface area contributed by atoms with Crippen LogP contribution in [0.15, 0.2) is 0 Å². The molecule has 1 heterocycles. The zero-order chi connectivity index (χ0) is 19.4. The van der Waals surface area contributed by atoms with Gasteiger partial charge in [0.1, 0.15) is 0 Å². The monoisotopic (exact) mass is 390 g/mol. The van der Waals surface area contributed by atoms with E-state index in [1.165, 1.54) is 11.8 Å². The van der Waals surface area contributed by atoms with E-state index in [2.05, 4.69) is 5.32 Å². The summed E-state index contributed by atoms with van der Waals surface area (Å²) < 4.78 is 10.0. The molecule has 1 rings (SSSR count). The maximum absolute atomic E-state index is 12.2. The fourth-order valence-corrected chi connectivity index (χ4v) is 3.31. The van der Waals surface area contributed by atoms with Crippen LogP contribution >= 0.6 is 11.8 Å². The number of amides is 4. The van der Waals surface area contributed by atoms with Gasteiger partial charge in [-0.3, -0.25) is 29.5 Å². The molecule has 0 bridgehead atoms. The Balaban J connectivity index is 2.23. The van der Waals surface area contributed by atoms with Gasteiger partial charge in [-0.2, -0.15) is 0 Å². The Hall–Kier alpha value is -1.69. The largest absolute Gasteiger partial charge is 0.382 e. The number of imide groups is 1. The minimum Gasteiger partial charge on any atom is -0.382 e. The molecule has 148 valence electrons. The zero-order valence-electron chi connectivity index (χ0n) is 14.8. The van der Waals surface area contributed by atoms with Crippen molar-refractivity contribution >= 4 is 35.4 Å². The number of nitrogens with one attached hydrogen (secondary N) is 2. The lowest BCUT2D eigenvalue weighted by atomic mass is 10.3. The molecule has 1 aliphatic rings. The van der Waals surface area contributed by atoms with Gasteiger partial charge < -0.3 is 14.8 Å². The van der Waals surface area contributed by atoms with E-state index in [4.69, 9.17) is 15.3 Å². The molecule has 0 aliphatic carbocycles. The number of methoxy groups -OCH3 is 1. The molecule has 0 aromatic heterocycles. The lowest BCUT2D eigenvalue weighted by Crippen LogP contribution is -2.36. The van der Waals surface area contributed by atoms with E-state index >= 15 is 0 Å². The molecule has 1 unspecified atom stereocenters. The number of nitrogens with two attached hydrogens (primary N) is 1. The second-order valence-electron chi connectivity index (χ2n) is 5.47. The molecule has 1 aliphatic heterocycles. The summed E-state index contributed by atoms with van der Waals surface area (Å²) in [7, 11) is 1.58. The number of likely N-dealkylation sites (tertiary alicyclic amines) is 1. The van der Waals surface area contributed by atoms with Crippen LogP contribution in [0.25, 0.3) is 0 Å². The highest BCUT2D eigenvalue weighted by Gasteiger charge is 2.38. The number of rotatable bonds is 13. The molecule has 0 aromatic carbocycles. The van der Waals surface area contributed by atoms with Crippen LogP contribution in [0, 0.1) is 0 Å². The van der Waals surface area contributed by atoms with Gasteiger partial charge in [-0.05, 0) is 0 Å². The van der Waals surface area contributed by atoms with Crippen LogP contribution in [0.1, 0.15) is 19.3 Å². The van der Waals surface area contributed by atoms with E-state index in [9.17, 15) is 19.2 Å². The second-order valence-corrected chi connectivity index (χ2v) is 6.78. The van der Waals surface area contributed by atoms with Crippen molar-refractivity contribution in [2.45, 2.75) is 24.5 Å². The zero-order valence-corrected chi connectivity index (χ0v) is 15.6. The van der Waals surface area contributed by atoms with Gasteiger partial charge in [0.05, 0.1) is 25.1 Å². The van der Waals surface area contributed by atoms with Gasteiger partial charge in [-0.25, -0.2) is 5.84 Å². The predicted molar refractivity (Wildman–Crippen MR) is 94.9 cm³/mol. The van der Waals surface area contributed by atoms with Crippen molar-refractivity contribution in [3.63, 3.8) is 0 Å². The van der Waals surface area contributed by atoms with Crippen molar-refractivity contribution in [1.29, 1.82) is 0 Å². The van der Waals surface area contributed by atoms with Gasteiger partial charge in [-0.1, -0.05) is 0 Å². The molecule has 4 amide bonds. The van der Waals surface area contributed by atoms with Gasteiger partial charge in [0.25, 0.3) is 0 Å². The normalized spacial score (nSPS) is 16.8. The van der Waals surface area contributed by atoms with Crippen molar-refractivity contribution in [1.82, 2.24) is 15.6 Å². The third-order valence-electron chi connectivity index (χ3n) is 3.57. The molecule has 1 atom stereocenters. The maximum Gasteiger partial charge on any atom is 0.242 e. The highest BCUT2D eigenvalue weighted by atomic mass is 32.2. The molecule has 0 radical (unpaired) electrons. The third-order valence-corrected chi connectivity index (χ3v) is 4.79. The molecule has 0 aromatic rings. The number of nitrogens with zero attached hydrogens (tertiary/aromatic N) is 1. The molecule has 10 nitrogen and oxygen atoms in total. The standard InChI is InChI=1S/C15H26N4O6S/c1-24-7-8-25-6-4-17-12(20)2-5-19-14(22)10-11(15(19)23)26-9-3-13(21)18-16/h11H,2-10,16H2,1H3,(H,17,20)(H,18,21). The average molecular weight is 390 g/mol. The number of hydrogen-bond acceptors (Lipinski definition) is 8. The number of carbonyl (C=O) groups excluding carboxylic acids is 4. The third kappa shape index (κ3) is 8.13. The summed E-state index contributed by atoms with van der Waals surface area (Å²) in [5.74, 6) is 4.18. The fraction of sp³-hybridized carbons (Fsp3) is 0.733. The minimum absolute atomic E-state index is 0.0442. The van der Waals surface area contributed by atoms with E-state index in [1.807, 2.05) is 5.43 Å². The SMILES string of the molecule is COCCOCCNC(=O)CCN1C(=O)CC(SCCC(=O)NN)C1=O. The number of carbonyl (C=O) groups is 4. The van der Waals surface area contributed by atoms with Crippen molar-refractivity contribution in [2.75, 3.05) is 45.8 Å². The molecular formula is C15H26N4O6S. The Labute approximate surface area is 156 Å². The molecule has 0 saturated carbocycles. The second kappa shape index (κ2) is 12.6. The first-order valence-corrected chi connectivity index (χ1v) is 9.33. The van der Waals surface area contributed by atoms with Gasteiger partial charge >= 0.3 is 0 Å². The first kappa shape index (κ1) is 22.4. The van der Waals surface area contributed by atoms with Gasteiger partial charge in [-0.15, -0.1) is 11.8 Å². The van der Waals surface area contributed by atoms with E-state index < -0.39 is 5.25 Å². The van der Waals surface area contributed by atoms with Crippen LogP contribution in [-0.4, -0.2) is 79.6 Å². The summed E-state index contributed by atoms with van der Waals surface area (Å²) >= 11 is 1.25. The van der Waals surface area contributed by atoms with Gasteiger partial charge in [0, 0.05) is 45.2 Å². The van der Waals surface area contributed by atoms with Crippen molar-refractivity contribution in [3.8, 4) is 0 Å². The van der Waals surface area contributed by atoms with Crippen molar-refractivity contribution in [2.24, 2.45) is 5.84 Å². The fourth-order valence-electron chi connectivity index (χ4n) is 2.19. The summed E-state index contributed by atoms with van der Waals surface area (Å²) in [5, 5.41) is 2.15. The summed E-state index contributed by atoms with van der Waals surface area (Å²) in [6.07, 6.45) is 0.305. The smallest absolute Gasteiger partial charge is 0.242 e. The number of ether oxygens (including phenoxy) is 2. The quantitative estimate of drug-likeness (QED) is 0.112. The van der Waals surface area contributed by atoms with Crippen LogP contribution < -0.4 is 16.6 Å². The van der Waals surface area contributed by atoms with Crippen LogP contribution in [0.4, 0.5) is 0 Å². The maximum atomic E-state index is 12.2. The first-order chi connectivity index (χ1) is 12.5. The lowest BCUT2D eigenvalue weighted by molar-refractivity contribution is -0.138. The number of hydrogen-bond donors (Lipinski definition) is 3. The van der Waals surface area contributed by atoms with E-state index in [0.717, 1.165) is 4.90 Å². The van der Waals surface area contributed by atoms with E-state index in [-0.39, 0.29) is 49.4 Å². The molecule has 4 N–H and O–H groups in total. The number of thioether (sulfide) groups is 1. The van der Waals surface area contributed by atoms with Crippen LogP contribution in [0.5, 0.6) is 0 Å². The van der Waals surface area contributed by atoms with Gasteiger partial charge in [0.15, 0.2) is 0 Å².